The number of methoxy groups -OCH3 is 1. The molecule has 0 aliphatic rings. The second-order valence-electron chi connectivity index (χ2n) is 4.94. The summed E-state index contributed by atoms with van der Waals surface area (Å²) >= 11 is 0. The average molecular weight is 326 g/mol. The van der Waals surface area contributed by atoms with Gasteiger partial charge < -0.3 is 19.9 Å². The van der Waals surface area contributed by atoms with E-state index in [4.69, 9.17) is 14.7 Å². The van der Waals surface area contributed by atoms with Crippen molar-refractivity contribution in [3.8, 4) is 23.3 Å². The van der Waals surface area contributed by atoms with Crippen LogP contribution in [0.25, 0.3) is 0 Å². The smallest absolute Gasteiger partial charge is 0.255 e. The van der Waals surface area contributed by atoms with Gasteiger partial charge in [-0.25, -0.2) is 0 Å². The van der Waals surface area contributed by atoms with Crippen molar-refractivity contribution in [2.75, 3.05) is 20.3 Å². The number of benzene rings is 2. The van der Waals surface area contributed by atoms with Crippen molar-refractivity contribution in [2.45, 2.75) is 6.42 Å². The monoisotopic (exact) mass is 326 g/mol. The third kappa shape index (κ3) is 4.40. The van der Waals surface area contributed by atoms with Crippen LogP contribution in [0.2, 0.25) is 0 Å². The summed E-state index contributed by atoms with van der Waals surface area (Å²) in [5.41, 5.74) is 1.07. The Kier molecular flexibility index (Phi) is 6.03. The third-order valence-electron chi connectivity index (χ3n) is 3.33. The number of aromatic hydroxyl groups is 1. The van der Waals surface area contributed by atoms with Crippen LogP contribution in [-0.4, -0.2) is 31.3 Å². The normalized spacial score (nSPS) is 9.83. The van der Waals surface area contributed by atoms with Gasteiger partial charge in [0.25, 0.3) is 5.91 Å². The molecule has 0 saturated heterocycles. The number of carbonyl (C=O) groups is 1. The summed E-state index contributed by atoms with van der Waals surface area (Å²) in [6.07, 6.45) is 0.361. The Labute approximate surface area is 140 Å². The van der Waals surface area contributed by atoms with Gasteiger partial charge in [0.05, 0.1) is 31.7 Å². The molecule has 0 aromatic heterocycles. The molecule has 2 N–H and O–H groups in total. The van der Waals surface area contributed by atoms with Gasteiger partial charge in [-0.15, -0.1) is 0 Å². The largest absolute Gasteiger partial charge is 0.504 e. The molecule has 0 unspecified atom stereocenters. The number of carbonyl (C=O) groups excluding carboxylic acids is 1. The fourth-order valence-electron chi connectivity index (χ4n) is 2.09. The van der Waals surface area contributed by atoms with E-state index in [9.17, 15) is 9.90 Å². The summed E-state index contributed by atoms with van der Waals surface area (Å²) in [4.78, 5) is 12.0. The van der Waals surface area contributed by atoms with Crippen LogP contribution >= 0.6 is 0 Å². The molecule has 0 radical (unpaired) electrons. The number of nitrogens with zero attached hydrogens (tertiary/aromatic N) is 1. The summed E-state index contributed by atoms with van der Waals surface area (Å²) in [5.74, 6) is 0.317. The number of phenols is 1. The first-order chi connectivity index (χ1) is 11.7. The first-order valence-corrected chi connectivity index (χ1v) is 7.38. The zero-order valence-corrected chi connectivity index (χ0v) is 13.3. The second-order valence-corrected chi connectivity index (χ2v) is 4.94. The van der Waals surface area contributed by atoms with Gasteiger partial charge in [0.15, 0.2) is 11.5 Å². The van der Waals surface area contributed by atoms with Crippen LogP contribution in [0.5, 0.6) is 17.2 Å². The minimum Gasteiger partial charge on any atom is -0.504 e. The number of hydrogen-bond acceptors (Lipinski definition) is 5. The van der Waals surface area contributed by atoms with Crippen LogP contribution in [-0.2, 0) is 6.42 Å². The van der Waals surface area contributed by atoms with Crippen LogP contribution in [0.15, 0.2) is 42.5 Å². The highest BCUT2D eigenvalue weighted by Crippen LogP contribution is 2.29. The molecule has 2 aromatic carbocycles. The Hall–Kier alpha value is -3.20. The molecule has 0 aliphatic heterocycles. The Bertz CT molecular complexity index is 736. The predicted octanol–water partition coefficient (Wildman–Crippen LogP) is 2.28. The lowest BCUT2D eigenvalue weighted by molar-refractivity contribution is 0.0943. The van der Waals surface area contributed by atoms with E-state index in [1.165, 1.54) is 13.2 Å². The summed E-state index contributed by atoms with van der Waals surface area (Å²) in [5, 5.41) is 21.2. The summed E-state index contributed by atoms with van der Waals surface area (Å²) in [7, 11) is 1.42. The molecule has 6 nitrogen and oxygen atoms in total. The molecular formula is C18H18N2O4. The standard InChI is InChI=1S/C18H18N2O4/c1-23-16-4-2-3-15(17(16)21)18(22)20-11-12-24-14-7-5-13(6-8-14)9-10-19/h2-8,21H,9,11-12H2,1H3,(H,20,22). The van der Waals surface area contributed by atoms with Gasteiger partial charge in [-0.1, -0.05) is 18.2 Å². The highest BCUT2D eigenvalue weighted by atomic mass is 16.5. The first-order valence-electron chi connectivity index (χ1n) is 7.38. The first kappa shape index (κ1) is 17.2. The Balaban J connectivity index is 1.82. The number of rotatable bonds is 7. The maximum absolute atomic E-state index is 12.0. The minimum absolute atomic E-state index is 0.148. The topological polar surface area (TPSA) is 91.6 Å². The molecule has 0 aliphatic carbocycles. The molecule has 2 rings (SSSR count). The van der Waals surface area contributed by atoms with Crippen molar-refractivity contribution >= 4 is 5.91 Å². The number of amides is 1. The van der Waals surface area contributed by atoms with Gasteiger partial charge >= 0.3 is 0 Å². The van der Waals surface area contributed by atoms with E-state index in [1.807, 2.05) is 12.1 Å². The van der Waals surface area contributed by atoms with Gasteiger partial charge in [-0.05, 0) is 29.8 Å². The summed E-state index contributed by atoms with van der Waals surface area (Å²) in [6, 6.07) is 14.0. The van der Waals surface area contributed by atoms with Crippen molar-refractivity contribution in [3.05, 3.63) is 53.6 Å². The summed E-state index contributed by atoms with van der Waals surface area (Å²) < 4.78 is 10.5. The number of nitrogens with one attached hydrogen (secondary N) is 1. The Morgan fingerprint density at radius 3 is 2.67 bits per heavy atom. The van der Waals surface area contributed by atoms with Crippen molar-refractivity contribution in [3.63, 3.8) is 0 Å². The van der Waals surface area contributed by atoms with Crippen molar-refractivity contribution in [1.82, 2.24) is 5.32 Å². The van der Waals surface area contributed by atoms with Crippen LogP contribution in [0, 0.1) is 11.3 Å². The van der Waals surface area contributed by atoms with E-state index >= 15 is 0 Å². The van der Waals surface area contributed by atoms with Crippen molar-refractivity contribution < 1.29 is 19.4 Å². The van der Waals surface area contributed by atoms with E-state index in [0.29, 0.717) is 12.2 Å². The second kappa shape index (κ2) is 8.44. The lowest BCUT2D eigenvalue weighted by Gasteiger charge is -2.10. The highest BCUT2D eigenvalue weighted by Gasteiger charge is 2.14. The van der Waals surface area contributed by atoms with Crippen molar-refractivity contribution in [2.24, 2.45) is 0 Å². The number of phenolic OH excluding ortho intramolecular Hbond substituents is 1. The Morgan fingerprint density at radius 2 is 2.00 bits per heavy atom. The molecule has 0 bridgehead atoms. The third-order valence-corrected chi connectivity index (χ3v) is 3.33. The van der Waals surface area contributed by atoms with Gasteiger partial charge in [0.2, 0.25) is 0 Å². The zero-order chi connectivity index (χ0) is 17.4. The van der Waals surface area contributed by atoms with Gasteiger partial charge in [-0.3, -0.25) is 4.79 Å². The fourth-order valence-corrected chi connectivity index (χ4v) is 2.09. The van der Waals surface area contributed by atoms with Crippen LogP contribution in [0.3, 0.4) is 0 Å². The van der Waals surface area contributed by atoms with Crippen LogP contribution in [0.4, 0.5) is 0 Å². The fraction of sp³-hybridized carbons (Fsp3) is 0.222. The molecule has 6 heteroatoms. The van der Waals surface area contributed by atoms with Crippen LogP contribution < -0.4 is 14.8 Å². The molecule has 124 valence electrons. The molecule has 2 aromatic rings. The lowest BCUT2D eigenvalue weighted by atomic mass is 10.1. The van der Waals surface area contributed by atoms with E-state index in [0.717, 1.165) is 5.56 Å². The van der Waals surface area contributed by atoms with E-state index in [-0.39, 0.29) is 30.2 Å². The van der Waals surface area contributed by atoms with Crippen LogP contribution in [0.1, 0.15) is 15.9 Å². The molecule has 0 spiro atoms. The van der Waals surface area contributed by atoms with Crippen molar-refractivity contribution in [1.29, 1.82) is 5.26 Å². The maximum Gasteiger partial charge on any atom is 0.255 e. The molecule has 0 fully saturated rings. The number of nitriles is 1. The molecule has 0 heterocycles. The molecule has 0 atom stereocenters. The molecule has 1 amide bonds. The summed E-state index contributed by atoms with van der Waals surface area (Å²) in [6.45, 7) is 0.573. The molecule has 24 heavy (non-hydrogen) atoms. The van der Waals surface area contributed by atoms with E-state index in [2.05, 4.69) is 11.4 Å². The number of ether oxygens (including phenoxy) is 2. The van der Waals surface area contributed by atoms with E-state index in [1.54, 1.807) is 24.3 Å². The predicted molar refractivity (Wildman–Crippen MR) is 88.2 cm³/mol. The lowest BCUT2D eigenvalue weighted by Crippen LogP contribution is -2.28. The van der Waals surface area contributed by atoms with E-state index < -0.39 is 5.91 Å². The average Bonchev–Trinajstić information content (AvgIpc) is 2.60. The molecule has 0 saturated carbocycles. The number of hydrogen-bond donors (Lipinski definition) is 2. The highest BCUT2D eigenvalue weighted by molar-refractivity contribution is 5.97. The quantitative estimate of drug-likeness (QED) is 0.762. The zero-order valence-electron chi connectivity index (χ0n) is 13.3. The Morgan fingerprint density at radius 1 is 1.25 bits per heavy atom. The number of para-hydroxylation sites is 1. The van der Waals surface area contributed by atoms with Gasteiger partial charge in [0.1, 0.15) is 12.4 Å². The molecular weight excluding hydrogens is 308 g/mol. The SMILES string of the molecule is COc1cccc(C(=O)NCCOc2ccc(CC#N)cc2)c1O. The van der Waals surface area contributed by atoms with Gasteiger partial charge in [-0.2, -0.15) is 5.26 Å². The minimum atomic E-state index is -0.403. The van der Waals surface area contributed by atoms with Gasteiger partial charge in [0, 0.05) is 0 Å². The maximum atomic E-state index is 12.0.